The first-order valence-corrected chi connectivity index (χ1v) is 7.47. The van der Waals surface area contributed by atoms with E-state index in [-0.39, 0.29) is 0 Å². The summed E-state index contributed by atoms with van der Waals surface area (Å²) in [6, 6.07) is 8.20. The Hall–Kier alpha value is -0.860. The number of piperidine rings is 1. The lowest BCUT2D eigenvalue weighted by atomic mass is 9.90. The van der Waals surface area contributed by atoms with Crippen LogP contribution in [0.5, 0.6) is 0 Å². The van der Waals surface area contributed by atoms with Crippen LogP contribution in [0.15, 0.2) is 24.3 Å². The van der Waals surface area contributed by atoms with Gasteiger partial charge in [-0.15, -0.1) is 0 Å². The second-order valence-electron chi connectivity index (χ2n) is 5.57. The maximum absolute atomic E-state index is 11.0. The number of likely N-dealkylation sites (tertiary alicyclic amines) is 1. The minimum absolute atomic E-state index is 0.295. The first-order valence-electron chi connectivity index (χ1n) is 7.10. The minimum atomic E-state index is 0.295. The number of rotatable bonds is 5. The van der Waals surface area contributed by atoms with Crippen molar-refractivity contribution < 1.29 is 4.79 Å². The van der Waals surface area contributed by atoms with Crippen molar-refractivity contribution in [1.82, 2.24) is 4.90 Å². The summed E-state index contributed by atoms with van der Waals surface area (Å²) < 4.78 is 0. The van der Waals surface area contributed by atoms with E-state index in [1.165, 1.54) is 18.4 Å². The van der Waals surface area contributed by atoms with Gasteiger partial charge in [-0.25, -0.2) is 0 Å². The third-order valence-electron chi connectivity index (χ3n) is 3.92. The molecule has 0 aromatic heterocycles. The number of hydrogen-bond donors (Lipinski definition) is 0. The van der Waals surface area contributed by atoms with Gasteiger partial charge in [-0.3, -0.25) is 4.79 Å². The van der Waals surface area contributed by atoms with Crippen LogP contribution in [0.3, 0.4) is 0 Å². The number of nitrogens with zero attached hydrogens (tertiary/aromatic N) is 1. The molecule has 0 amide bonds. The van der Waals surface area contributed by atoms with Gasteiger partial charge in [-0.1, -0.05) is 23.7 Å². The van der Waals surface area contributed by atoms with Gasteiger partial charge in [0.05, 0.1) is 0 Å². The van der Waals surface area contributed by atoms with Gasteiger partial charge in [0.25, 0.3) is 0 Å². The van der Waals surface area contributed by atoms with Gasteiger partial charge in [-0.05, 0) is 62.9 Å². The lowest BCUT2D eigenvalue weighted by molar-refractivity contribution is -0.117. The molecular formula is C16H22ClNO. The molecule has 0 N–H and O–H groups in total. The molecule has 1 fully saturated rings. The predicted molar refractivity (Wildman–Crippen MR) is 79.6 cm³/mol. The van der Waals surface area contributed by atoms with Crippen LogP contribution in [-0.2, 0) is 11.2 Å². The normalized spacial score (nSPS) is 17.6. The monoisotopic (exact) mass is 279 g/mol. The number of ketones is 1. The van der Waals surface area contributed by atoms with Crippen LogP contribution in [0.1, 0.15) is 31.7 Å². The molecule has 1 aliphatic rings. The fourth-order valence-electron chi connectivity index (χ4n) is 2.68. The van der Waals surface area contributed by atoms with Crippen molar-refractivity contribution in [2.45, 2.75) is 32.6 Å². The van der Waals surface area contributed by atoms with Crippen LogP contribution < -0.4 is 0 Å². The molecule has 0 unspecified atom stereocenters. The molecule has 1 heterocycles. The largest absolute Gasteiger partial charge is 0.303 e. The molecule has 1 saturated heterocycles. The Bertz CT molecular complexity index is 407. The molecular weight excluding hydrogens is 258 g/mol. The van der Waals surface area contributed by atoms with Crippen molar-refractivity contribution in [2.24, 2.45) is 5.92 Å². The molecule has 0 aliphatic carbocycles. The molecule has 0 bridgehead atoms. The number of carbonyl (C=O) groups is 1. The van der Waals surface area contributed by atoms with Crippen LogP contribution in [0.4, 0.5) is 0 Å². The number of carbonyl (C=O) groups excluding carboxylic acids is 1. The Morgan fingerprint density at radius 2 is 1.89 bits per heavy atom. The van der Waals surface area contributed by atoms with Gasteiger partial charge in [0.15, 0.2) is 0 Å². The third-order valence-corrected chi connectivity index (χ3v) is 4.18. The zero-order chi connectivity index (χ0) is 13.7. The fraction of sp³-hybridized carbons (Fsp3) is 0.562. The lowest BCUT2D eigenvalue weighted by Gasteiger charge is -2.31. The van der Waals surface area contributed by atoms with E-state index >= 15 is 0 Å². The average Bonchev–Trinajstić information content (AvgIpc) is 2.40. The number of Topliss-reactive ketones (excluding diaryl/α,β-unsaturated/α-hetero) is 1. The summed E-state index contributed by atoms with van der Waals surface area (Å²) in [6.45, 7) is 4.87. The molecule has 1 aliphatic heterocycles. The zero-order valence-corrected chi connectivity index (χ0v) is 12.3. The summed E-state index contributed by atoms with van der Waals surface area (Å²) in [7, 11) is 0. The Labute approximate surface area is 120 Å². The first-order chi connectivity index (χ1) is 9.13. The van der Waals surface area contributed by atoms with E-state index < -0.39 is 0 Å². The zero-order valence-electron chi connectivity index (χ0n) is 11.6. The van der Waals surface area contributed by atoms with E-state index in [1.54, 1.807) is 6.92 Å². The van der Waals surface area contributed by atoms with Crippen LogP contribution in [0, 0.1) is 5.92 Å². The summed E-state index contributed by atoms with van der Waals surface area (Å²) >= 11 is 5.90. The van der Waals surface area contributed by atoms with Crippen molar-refractivity contribution in [3.8, 4) is 0 Å². The molecule has 2 rings (SSSR count). The summed E-state index contributed by atoms with van der Waals surface area (Å²) in [4.78, 5) is 13.4. The van der Waals surface area contributed by atoms with Crippen LogP contribution in [0.25, 0.3) is 0 Å². The molecule has 104 valence electrons. The maximum atomic E-state index is 11.0. The molecule has 1 aromatic carbocycles. The van der Waals surface area contributed by atoms with Crippen molar-refractivity contribution in [2.75, 3.05) is 19.6 Å². The Balaban J connectivity index is 1.74. The fourth-order valence-corrected chi connectivity index (χ4v) is 2.81. The van der Waals surface area contributed by atoms with E-state index in [4.69, 9.17) is 11.6 Å². The van der Waals surface area contributed by atoms with Crippen LogP contribution >= 0.6 is 11.6 Å². The van der Waals surface area contributed by atoms with Gasteiger partial charge in [-0.2, -0.15) is 0 Å². The van der Waals surface area contributed by atoms with Crippen LogP contribution in [-0.4, -0.2) is 30.3 Å². The van der Waals surface area contributed by atoms with Crippen molar-refractivity contribution in [3.05, 3.63) is 34.9 Å². The predicted octanol–water partition coefficient (Wildman–Crippen LogP) is 3.57. The van der Waals surface area contributed by atoms with E-state index in [0.717, 1.165) is 37.0 Å². The molecule has 0 saturated carbocycles. The van der Waals surface area contributed by atoms with E-state index in [0.29, 0.717) is 12.2 Å². The molecule has 0 spiro atoms. The second-order valence-corrected chi connectivity index (χ2v) is 6.00. The molecule has 0 atom stereocenters. The Morgan fingerprint density at radius 1 is 1.26 bits per heavy atom. The highest BCUT2D eigenvalue weighted by atomic mass is 35.5. The molecule has 1 aromatic rings. The summed E-state index contributed by atoms with van der Waals surface area (Å²) in [5.41, 5.74) is 1.38. The van der Waals surface area contributed by atoms with E-state index in [1.807, 2.05) is 12.1 Å². The number of halogens is 1. The van der Waals surface area contributed by atoms with Gasteiger partial charge in [0, 0.05) is 18.0 Å². The second kappa shape index (κ2) is 7.06. The van der Waals surface area contributed by atoms with E-state index in [2.05, 4.69) is 17.0 Å². The highest BCUT2D eigenvalue weighted by Gasteiger charge is 2.19. The van der Waals surface area contributed by atoms with Crippen molar-refractivity contribution in [1.29, 1.82) is 0 Å². The van der Waals surface area contributed by atoms with Gasteiger partial charge >= 0.3 is 0 Å². The highest BCUT2D eigenvalue weighted by Crippen LogP contribution is 2.22. The number of benzene rings is 1. The SMILES string of the molecule is CC(=O)CCN1CCC(Cc2ccc(Cl)cc2)CC1. The minimum Gasteiger partial charge on any atom is -0.303 e. The number of hydrogen-bond acceptors (Lipinski definition) is 2. The smallest absolute Gasteiger partial charge is 0.131 e. The van der Waals surface area contributed by atoms with Gasteiger partial charge in [0.2, 0.25) is 0 Å². The summed E-state index contributed by atoms with van der Waals surface area (Å²) in [5, 5.41) is 0.808. The van der Waals surface area contributed by atoms with Crippen molar-refractivity contribution >= 4 is 17.4 Å². The topological polar surface area (TPSA) is 20.3 Å². The van der Waals surface area contributed by atoms with Crippen molar-refractivity contribution in [3.63, 3.8) is 0 Å². The summed E-state index contributed by atoms with van der Waals surface area (Å²) in [6.07, 6.45) is 4.32. The standard InChI is InChI=1S/C16H22ClNO/c1-13(19)6-9-18-10-7-15(8-11-18)12-14-2-4-16(17)5-3-14/h2-5,15H,6-12H2,1H3. The molecule has 0 radical (unpaired) electrons. The quantitative estimate of drug-likeness (QED) is 0.821. The molecule has 19 heavy (non-hydrogen) atoms. The average molecular weight is 280 g/mol. The molecule has 3 heteroatoms. The van der Waals surface area contributed by atoms with E-state index in [9.17, 15) is 4.79 Å². The summed E-state index contributed by atoms with van der Waals surface area (Å²) in [5.74, 6) is 1.07. The maximum Gasteiger partial charge on any atom is 0.131 e. The van der Waals surface area contributed by atoms with Gasteiger partial charge < -0.3 is 4.90 Å². The van der Waals surface area contributed by atoms with Gasteiger partial charge in [0.1, 0.15) is 5.78 Å². The Morgan fingerprint density at radius 3 is 2.47 bits per heavy atom. The first kappa shape index (κ1) is 14.5. The molecule has 2 nitrogen and oxygen atoms in total. The lowest BCUT2D eigenvalue weighted by Crippen LogP contribution is -2.35. The van der Waals surface area contributed by atoms with Crippen LogP contribution in [0.2, 0.25) is 5.02 Å². The Kier molecular flexibility index (Phi) is 5.41. The highest BCUT2D eigenvalue weighted by molar-refractivity contribution is 6.30. The third kappa shape index (κ3) is 4.96.